The van der Waals surface area contributed by atoms with Crippen LogP contribution in [0.2, 0.25) is 0 Å². The van der Waals surface area contributed by atoms with Gasteiger partial charge in [0.1, 0.15) is 6.61 Å². The van der Waals surface area contributed by atoms with Crippen LogP contribution in [-0.2, 0) is 9.59 Å². The number of ether oxygens (including phenoxy) is 2. The van der Waals surface area contributed by atoms with E-state index in [1.54, 1.807) is 13.2 Å². The Bertz CT molecular complexity index is 867. The maximum absolute atomic E-state index is 12.9. The van der Waals surface area contributed by atoms with Crippen LogP contribution in [-0.4, -0.2) is 25.3 Å². The second-order valence-electron chi connectivity index (χ2n) is 7.41. The third-order valence-corrected chi connectivity index (χ3v) is 5.67. The SMILES string of the molecule is C=CCOc1ccc(C2C3=C(CCCC3=O)NC3=C2C(=O)CCC3)cc1OC. The van der Waals surface area contributed by atoms with Crippen LogP contribution in [0.4, 0.5) is 0 Å². The highest BCUT2D eigenvalue weighted by Gasteiger charge is 2.40. The molecule has 0 bridgehead atoms. The van der Waals surface area contributed by atoms with Crippen molar-refractivity contribution in [2.75, 3.05) is 13.7 Å². The second kappa shape index (κ2) is 7.66. The van der Waals surface area contributed by atoms with Crippen LogP contribution in [0, 0.1) is 0 Å². The summed E-state index contributed by atoms with van der Waals surface area (Å²) in [7, 11) is 1.59. The molecule has 2 aliphatic carbocycles. The lowest BCUT2D eigenvalue weighted by Crippen LogP contribution is -2.36. The third kappa shape index (κ3) is 3.15. The van der Waals surface area contributed by atoms with Crippen molar-refractivity contribution >= 4 is 11.6 Å². The average Bonchev–Trinajstić information content (AvgIpc) is 2.71. The number of rotatable bonds is 5. The molecule has 0 atom stereocenters. The Morgan fingerprint density at radius 2 is 1.68 bits per heavy atom. The summed E-state index contributed by atoms with van der Waals surface area (Å²) < 4.78 is 11.2. The van der Waals surface area contributed by atoms with Crippen LogP contribution < -0.4 is 14.8 Å². The minimum atomic E-state index is -0.325. The van der Waals surface area contributed by atoms with Gasteiger partial charge in [-0.05, 0) is 43.4 Å². The Labute approximate surface area is 165 Å². The first-order chi connectivity index (χ1) is 13.6. The molecule has 0 spiro atoms. The summed E-state index contributed by atoms with van der Waals surface area (Å²) in [5.41, 5.74) is 4.38. The summed E-state index contributed by atoms with van der Waals surface area (Å²) in [5, 5.41) is 3.44. The highest BCUT2D eigenvalue weighted by atomic mass is 16.5. The molecule has 0 amide bonds. The van der Waals surface area contributed by atoms with Gasteiger partial charge in [-0.1, -0.05) is 18.7 Å². The zero-order valence-electron chi connectivity index (χ0n) is 16.2. The predicted molar refractivity (Wildman–Crippen MR) is 106 cm³/mol. The number of nitrogens with one attached hydrogen (secondary N) is 1. The number of ketones is 2. The van der Waals surface area contributed by atoms with Crippen molar-refractivity contribution in [3.8, 4) is 11.5 Å². The Morgan fingerprint density at radius 3 is 2.25 bits per heavy atom. The first-order valence-electron chi connectivity index (χ1n) is 9.85. The molecule has 0 aromatic heterocycles. The van der Waals surface area contributed by atoms with Gasteiger partial charge in [0.25, 0.3) is 0 Å². The van der Waals surface area contributed by atoms with Gasteiger partial charge in [-0.15, -0.1) is 0 Å². The van der Waals surface area contributed by atoms with Gasteiger partial charge >= 0.3 is 0 Å². The van der Waals surface area contributed by atoms with E-state index in [1.807, 2.05) is 18.2 Å². The number of dihydropyridines is 1. The second-order valence-corrected chi connectivity index (χ2v) is 7.41. The monoisotopic (exact) mass is 379 g/mol. The lowest BCUT2D eigenvalue weighted by atomic mass is 9.71. The van der Waals surface area contributed by atoms with E-state index in [-0.39, 0.29) is 17.5 Å². The number of carbonyl (C=O) groups is 2. The normalized spacial score (nSPS) is 19.8. The zero-order valence-corrected chi connectivity index (χ0v) is 16.2. The fourth-order valence-electron chi connectivity index (χ4n) is 4.45. The molecular formula is C23H25NO4. The van der Waals surface area contributed by atoms with E-state index in [2.05, 4.69) is 11.9 Å². The minimum Gasteiger partial charge on any atom is -0.493 e. The van der Waals surface area contributed by atoms with Gasteiger partial charge in [-0.25, -0.2) is 0 Å². The highest BCUT2D eigenvalue weighted by molar-refractivity contribution is 6.06. The molecule has 0 radical (unpaired) electrons. The van der Waals surface area contributed by atoms with E-state index >= 15 is 0 Å². The van der Waals surface area contributed by atoms with E-state index in [0.29, 0.717) is 30.9 Å². The standard InChI is InChI=1S/C23H25NO4/c1-3-12-28-19-11-10-14(13-20(19)27-2)21-22-15(6-4-8-17(22)25)24-16-7-5-9-18(26)23(16)21/h3,10-11,13,21,24H,1,4-9,12H2,2H3. The van der Waals surface area contributed by atoms with Crippen LogP contribution >= 0.6 is 0 Å². The van der Waals surface area contributed by atoms with Gasteiger partial charge < -0.3 is 14.8 Å². The predicted octanol–water partition coefficient (Wildman–Crippen LogP) is 3.96. The molecule has 1 aromatic rings. The Morgan fingerprint density at radius 1 is 1.04 bits per heavy atom. The molecule has 0 unspecified atom stereocenters. The largest absolute Gasteiger partial charge is 0.493 e. The van der Waals surface area contributed by atoms with Gasteiger partial charge in [0.2, 0.25) is 0 Å². The fraction of sp³-hybridized carbons (Fsp3) is 0.391. The van der Waals surface area contributed by atoms with Crippen LogP contribution in [0.25, 0.3) is 0 Å². The molecule has 1 aliphatic heterocycles. The summed E-state index contributed by atoms with van der Waals surface area (Å²) in [6.07, 6.45) is 6.14. The van der Waals surface area contributed by atoms with E-state index < -0.39 is 0 Å². The van der Waals surface area contributed by atoms with Crippen molar-refractivity contribution in [3.05, 3.63) is 59.0 Å². The highest BCUT2D eigenvalue weighted by Crippen LogP contribution is 2.46. The van der Waals surface area contributed by atoms with Crippen molar-refractivity contribution in [3.63, 3.8) is 0 Å². The van der Waals surface area contributed by atoms with Crippen LogP contribution in [0.15, 0.2) is 53.4 Å². The van der Waals surface area contributed by atoms with Crippen molar-refractivity contribution in [2.24, 2.45) is 0 Å². The molecule has 1 aromatic carbocycles. The molecule has 3 aliphatic rings. The smallest absolute Gasteiger partial charge is 0.161 e. The maximum Gasteiger partial charge on any atom is 0.161 e. The molecule has 28 heavy (non-hydrogen) atoms. The van der Waals surface area contributed by atoms with E-state index in [9.17, 15) is 9.59 Å². The number of allylic oxidation sites excluding steroid dienone is 4. The van der Waals surface area contributed by atoms with E-state index in [4.69, 9.17) is 9.47 Å². The first kappa shape index (κ1) is 18.5. The van der Waals surface area contributed by atoms with Crippen molar-refractivity contribution in [2.45, 2.75) is 44.4 Å². The molecule has 0 fully saturated rings. The van der Waals surface area contributed by atoms with Gasteiger partial charge in [-0.2, -0.15) is 0 Å². The summed E-state index contributed by atoms with van der Waals surface area (Å²) in [6.45, 7) is 4.05. The number of Topliss-reactive ketones (excluding diaryl/α,β-unsaturated/α-hetero) is 2. The summed E-state index contributed by atoms with van der Waals surface area (Å²) >= 11 is 0. The van der Waals surface area contributed by atoms with Crippen LogP contribution in [0.3, 0.4) is 0 Å². The third-order valence-electron chi connectivity index (χ3n) is 5.67. The minimum absolute atomic E-state index is 0.134. The topological polar surface area (TPSA) is 64.6 Å². The van der Waals surface area contributed by atoms with E-state index in [1.165, 1.54) is 0 Å². The Balaban J connectivity index is 1.83. The van der Waals surface area contributed by atoms with Crippen LogP contribution in [0.1, 0.15) is 50.0 Å². The number of carbonyl (C=O) groups excluding carboxylic acids is 2. The van der Waals surface area contributed by atoms with Gasteiger partial charge in [0.05, 0.1) is 7.11 Å². The number of benzene rings is 1. The maximum atomic E-state index is 12.9. The number of hydrogen-bond acceptors (Lipinski definition) is 5. The molecule has 146 valence electrons. The lowest BCUT2D eigenvalue weighted by Gasteiger charge is -2.37. The van der Waals surface area contributed by atoms with E-state index in [0.717, 1.165) is 53.8 Å². The number of hydrogen-bond donors (Lipinski definition) is 1. The molecule has 1 heterocycles. The van der Waals surface area contributed by atoms with Gasteiger partial charge in [0, 0.05) is 41.3 Å². The first-order valence-corrected chi connectivity index (χ1v) is 9.85. The lowest BCUT2D eigenvalue weighted by molar-refractivity contribution is -0.116. The quantitative estimate of drug-likeness (QED) is 0.785. The molecule has 5 heteroatoms. The molecule has 5 nitrogen and oxygen atoms in total. The molecule has 4 rings (SSSR count). The summed E-state index contributed by atoms with van der Waals surface area (Å²) in [6, 6.07) is 5.68. The summed E-state index contributed by atoms with van der Waals surface area (Å²) in [5.74, 6) is 1.15. The van der Waals surface area contributed by atoms with Gasteiger partial charge in [-0.3, -0.25) is 9.59 Å². The zero-order chi connectivity index (χ0) is 19.7. The summed E-state index contributed by atoms with van der Waals surface area (Å²) in [4.78, 5) is 25.7. The van der Waals surface area contributed by atoms with Crippen molar-refractivity contribution in [1.82, 2.24) is 5.32 Å². The fourth-order valence-corrected chi connectivity index (χ4v) is 4.45. The Hall–Kier alpha value is -2.82. The average molecular weight is 379 g/mol. The van der Waals surface area contributed by atoms with Gasteiger partial charge in [0.15, 0.2) is 23.1 Å². The molecule has 0 saturated heterocycles. The molecule has 0 saturated carbocycles. The molecule has 1 N–H and O–H groups in total. The number of methoxy groups -OCH3 is 1. The van der Waals surface area contributed by atoms with Crippen molar-refractivity contribution < 1.29 is 19.1 Å². The molecular weight excluding hydrogens is 354 g/mol. The van der Waals surface area contributed by atoms with Crippen molar-refractivity contribution in [1.29, 1.82) is 0 Å². The Kier molecular flexibility index (Phi) is 5.07. The van der Waals surface area contributed by atoms with Crippen LogP contribution in [0.5, 0.6) is 11.5 Å².